The van der Waals surface area contributed by atoms with Crippen LogP contribution in [0.3, 0.4) is 0 Å². The molecule has 0 bridgehead atoms. The molecule has 1 heterocycles. The average molecular weight is 295 g/mol. The van der Waals surface area contributed by atoms with Crippen molar-refractivity contribution in [1.29, 1.82) is 0 Å². The molecule has 0 aromatic heterocycles. The van der Waals surface area contributed by atoms with Gasteiger partial charge in [-0.2, -0.15) is 8.78 Å². The molecule has 0 aliphatic carbocycles. The standard InChI is InChI=1S/C11H6F5NO3/c12-5-6(13)8(15)10(9(16)7(5)14)20-11(19)3-1-2-4(18)17-3/h3H,1-2H2,(H,17,18)/t3-/m1/s1. The Morgan fingerprint density at radius 3 is 1.95 bits per heavy atom. The lowest BCUT2D eigenvalue weighted by Gasteiger charge is -2.12. The molecule has 108 valence electrons. The lowest BCUT2D eigenvalue weighted by molar-refractivity contribution is -0.137. The highest BCUT2D eigenvalue weighted by Crippen LogP contribution is 2.29. The van der Waals surface area contributed by atoms with E-state index in [1.54, 1.807) is 0 Å². The van der Waals surface area contributed by atoms with Gasteiger partial charge in [0.2, 0.25) is 40.7 Å². The number of halogens is 5. The van der Waals surface area contributed by atoms with Gasteiger partial charge < -0.3 is 10.1 Å². The van der Waals surface area contributed by atoms with Gasteiger partial charge in [-0.1, -0.05) is 0 Å². The van der Waals surface area contributed by atoms with Crippen molar-refractivity contribution in [3.05, 3.63) is 29.1 Å². The molecule has 1 atom stereocenters. The predicted octanol–water partition coefficient (Wildman–Crippen LogP) is 1.57. The van der Waals surface area contributed by atoms with E-state index in [0.717, 1.165) is 0 Å². The predicted molar refractivity (Wildman–Crippen MR) is 53.0 cm³/mol. The van der Waals surface area contributed by atoms with Crippen molar-refractivity contribution in [2.45, 2.75) is 18.9 Å². The molecule has 2 rings (SSSR count). The van der Waals surface area contributed by atoms with E-state index in [1.807, 2.05) is 0 Å². The van der Waals surface area contributed by atoms with Crippen LogP contribution in [0.4, 0.5) is 22.0 Å². The average Bonchev–Trinajstić information content (AvgIpc) is 2.85. The first-order valence-corrected chi connectivity index (χ1v) is 5.35. The van der Waals surface area contributed by atoms with Gasteiger partial charge in [0.1, 0.15) is 6.04 Å². The van der Waals surface area contributed by atoms with Gasteiger partial charge in [0.25, 0.3) is 0 Å². The first-order valence-electron chi connectivity index (χ1n) is 5.35. The minimum Gasteiger partial charge on any atom is -0.418 e. The molecule has 9 heteroatoms. The summed E-state index contributed by atoms with van der Waals surface area (Å²) in [4.78, 5) is 22.3. The van der Waals surface area contributed by atoms with E-state index >= 15 is 0 Å². The maximum atomic E-state index is 13.2. The minimum atomic E-state index is -2.35. The molecule has 0 radical (unpaired) electrons. The number of benzene rings is 1. The fourth-order valence-corrected chi connectivity index (χ4v) is 1.64. The lowest BCUT2D eigenvalue weighted by Crippen LogP contribution is -2.36. The third kappa shape index (κ3) is 2.30. The van der Waals surface area contributed by atoms with E-state index < -0.39 is 52.8 Å². The van der Waals surface area contributed by atoms with Gasteiger partial charge in [0.05, 0.1) is 0 Å². The highest BCUT2D eigenvalue weighted by Gasteiger charge is 2.33. The van der Waals surface area contributed by atoms with Crippen LogP contribution in [0.1, 0.15) is 12.8 Å². The van der Waals surface area contributed by atoms with Crippen LogP contribution in [-0.4, -0.2) is 17.9 Å². The Morgan fingerprint density at radius 1 is 1.00 bits per heavy atom. The Hall–Kier alpha value is -2.19. The second-order valence-electron chi connectivity index (χ2n) is 3.98. The number of hydrogen-bond acceptors (Lipinski definition) is 3. The molecule has 1 aliphatic heterocycles. The number of carbonyl (C=O) groups is 2. The zero-order valence-corrected chi connectivity index (χ0v) is 9.61. The van der Waals surface area contributed by atoms with E-state index in [0.29, 0.717) is 0 Å². The Bertz CT molecular complexity index is 575. The number of nitrogens with one attached hydrogen (secondary N) is 1. The highest BCUT2D eigenvalue weighted by molar-refractivity contribution is 5.88. The van der Waals surface area contributed by atoms with Gasteiger partial charge in [-0.05, 0) is 6.42 Å². The molecule has 0 saturated carbocycles. The van der Waals surface area contributed by atoms with Crippen molar-refractivity contribution in [3.63, 3.8) is 0 Å². The zero-order chi connectivity index (χ0) is 15.0. The van der Waals surface area contributed by atoms with Gasteiger partial charge in [-0.15, -0.1) is 0 Å². The van der Waals surface area contributed by atoms with Crippen molar-refractivity contribution in [3.8, 4) is 5.75 Å². The first-order chi connectivity index (χ1) is 9.32. The third-order valence-corrected chi connectivity index (χ3v) is 2.65. The maximum Gasteiger partial charge on any atom is 0.334 e. The second kappa shape index (κ2) is 5.06. The largest absolute Gasteiger partial charge is 0.418 e. The number of amides is 1. The van der Waals surface area contributed by atoms with Gasteiger partial charge in [0, 0.05) is 6.42 Å². The summed E-state index contributed by atoms with van der Waals surface area (Å²) in [5.41, 5.74) is 0. The second-order valence-corrected chi connectivity index (χ2v) is 3.98. The Kier molecular flexibility index (Phi) is 3.60. The van der Waals surface area contributed by atoms with E-state index in [2.05, 4.69) is 10.1 Å². The molecule has 1 aromatic carbocycles. The van der Waals surface area contributed by atoms with Crippen molar-refractivity contribution in [1.82, 2.24) is 5.32 Å². The van der Waals surface area contributed by atoms with E-state index in [4.69, 9.17) is 0 Å². The number of esters is 1. The molecule has 1 amide bonds. The summed E-state index contributed by atoms with van der Waals surface area (Å²) in [6, 6.07) is -1.18. The smallest absolute Gasteiger partial charge is 0.334 e. The molecule has 0 unspecified atom stereocenters. The van der Waals surface area contributed by atoms with Gasteiger partial charge in [-0.25, -0.2) is 18.0 Å². The number of rotatable bonds is 2. The van der Waals surface area contributed by atoms with Crippen LogP contribution in [0.15, 0.2) is 0 Å². The SMILES string of the molecule is O=C1CC[C@H](C(=O)Oc2c(F)c(F)c(F)c(F)c2F)N1. The summed E-state index contributed by atoms with van der Waals surface area (Å²) < 4.78 is 69.2. The summed E-state index contributed by atoms with van der Waals surface area (Å²) in [6.07, 6.45) is 0.00390. The number of ether oxygens (including phenoxy) is 1. The normalized spacial score (nSPS) is 18.1. The Balaban J connectivity index is 2.30. The third-order valence-electron chi connectivity index (χ3n) is 2.65. The quantitative estimate of drug-likeness (QED) is 0.296. The molecule has 1 aliphatic rings. The fraction of sp³-hybridized carbons (Fsp3) is 0.273. The molecule has 1 fully saturated rings. The molecular weight excluding hydrogens is 289 g/mol. The summed E-state index contributed by atoms with van der Waals surface area (Å²) >= 11 is 0. The summed E-state index contributed by atoms with van der Waals surface area (Å²) in [7, 11) is 0. The van der Waals surface area contributed by atoms with Crippen LogP contribution in [0, 0.1) is 29.1 Å². The van der Waals surface area contributed by atoms with Crippen LogP contribution in [0.2, 0.25) is 0 Å². The highest BCUT2D eigenvalue weighted by atomic mass is 19.2. The van der Waals surface area contributed by atoms with Gasteiger partial charge in [-0.3, -0.25) is 4.79 Å². The Morgan fingerprint density at radius 2 is 1.50 bits per heavy atom. The van der Waals surface area contributed by atoms with Crippen LogP contribution in [-0.2, 0) is 9.59 Å². The monoisotopic (exact) mass is 295 g/mol. The van der Waals surface area contributed by atoms with Crippen molar-refractivity contribution < 1.29 is 36.3 Å². The van der Waals surface area contributed by atoms with Crippen LogP contribution >= 0.6 is 0 Å². The fourth-order valence-electron chi connectivity index (χ4n) is 1.64. The molecule has 1 saturated heterocycles. The van der Waals surface area contributed by atoms with E-state index in [1.165, 1.54) is 0 Å². The summed E-state index contributed by atoms with van der Waals surface area (Å²) in [6.45, 7) is 0. The number of carbonyl (C=O) groups excluding carboxylic acids is 2. The van der Waals surface area contributed by atoms with Crippen LogP contribution in [0.25, 0.3) is 0 Å². The maximum absolute atomic E-state index is 13.2. The van der Waals surface area contributed by atoms with Crippen molar-refractivity contribution >= 4 is 11.9 Å². The van der Waals surface area contributed by atoms with Crippen molar-refractivity contribution in [2.75, 3.05) is 0 Å². The molecule has 1 aromatic rings. The van der Waals surface area contributed by atoms with Crippen molar-refractivity contribution in [2.24, 2.45) is 0 Å². The summed E-state index contributed by atoms with van der Waals surface area (Å²) in [5.74, 6) is -14.8. The van der Waals surface area contributed by atoms with E-state index in [9.17, 15) is 31.5 Å². The molecule has 4 nitrogen and oxygen atoms in total. The Labute approximate surface area is 108 Å². The van der Waals surface area contributed by atoms with Crippen LogP contribution in [0.5, 0.6) is 5.75 Å². The zero-order valence-electron chi connectivity index (χ0n) is 9.61. The lowest BCUT2D eigenvalue weighted by atomic mass is 10.2. The van der Waals surface area contributed by atoms with Gasteiger partial charge >= 0.3 is 5.97 Å². The molecule has 20 heavy (non-hydrogen) atoms. The molecular formula is C11H6F5NO3. The summed E-state index contributed by atoms with van der Waals surface area (Å²) in [5, 5.41) is 2.13. The van der Waals surface area contributed by atoms with E-state index in [-0.39, 0.29) is 12.8 Å². The molecule has 1 N–H and O–H groups in total. The van der Waals surface area contributed by atoms with Crippen LogP contribution < -0.4 is 10.1 Å². The molecule has 0 spiro atoms. The number of hydrogen-bond donors (Lipinski definition) is 1. The first kappa shape index (κ1) is 14.2. The minimum absolute atomic E-state index is 0.00310. The van der Waals surface area contributed by atoms with Gasteiger partial charge in [0.15, 0.2) is 0 Å². The topological polar surface area (TPSA) is 55.4 Å².